The monoisotopic (exact) mass is 856 g/mol. The molecule has 0 saturated carbocycles. The van der Waals surface area contributed by atoms with E-state index >= 15 is 0 Å². The minimum atomic E-state index is -1.11. The molecule has 358 valence electrons. The topological polar surface area (TPSA) is 89.8 Å². The number of hydrogen-bond acceptors (Lipinski definition) is 4. The molecule has 0 aliphatic carbocycles. The van der Waals surface area contributed by atoms with Gasteiger partial charge >= 0.3 is 0 Å². The number of rotatable bonds is 49. The van der Waals surface area contributed by atoms with Crippen LogP contribution in [-0.4, -0.2) is 46.1 Å². The molecular formula is C56H105NO4. The molecule has 61 heavy (non-hydrogen) atoms. The van der Waals surface area contributed by atoms with Gasteiger partial charge in [0, 0.05) is 0 Å². The standard InChI is InChI=1S/C56H105NO4/c1-3-5-7-9-11-13-15-17-19-21-23-25-27-29-31-33-35-37-39-41-43-45-47-49-51-55(60)56(61)57-53(52-58)54(59)50-48-46-44-42-40-38-36-34-32-30-28-26-24-22-20-18-16-14-12-10-8-6-4-2/h29,31-32,34,40,42,48,50,53-55,58-60H,3-28,30,33,35-39,41,43-47,49,51-52H2,1-2H3,(H,57,61)/b31-29-,34-32+,42-40+,50-48+. The quantitative estimate of drug-likeness (QED) is 0.0362. The Hall–Kier alpha value is -1.69. The molecule has 5 nitrogen and oxygen atoms in total. The Morgan fingerprint density at radius 1 is 0.393 bits per heavy atom. The van der Waals surface area contributed by atoms with Crippen LogP contribution < -0.4 is 5.32 Å². The lowest BCUT2D eigenvalue weighted by molar-refractivity contribution is -0.131. The Bertz CT molecular complexity index is 989. The first-order valence-electron chi connectivity index (χ1n) is 27.0. The van der Waals surface area contributed by atoms with Crippen LogP contribution in [0, 0.1) is 0 Å². The van der Waals surface area contributed by atoms with E-state index in [0.29, 0.717) is 6.42 Å². The average molecular weight is 856 g/mol. The molecule has 0 heterocycles. The molecule has 5 heteroatoms. The summed E-state index contributed by atoms with van der Waals surface area (Å²) in [6.07, 6.45) is 67.5. The Balaban J connectivity index is 3.67. The molecule has 0 bridgehead atoms. The van der Waals surface area contributed by atoms with E-state index in [1.54, 1.807) is 6.08 Å². The lowest BCUT2D eigenvalue weighted by Gasteiger charge is -2.21. The van der Waals surface area contributed by atoms with Gasteiger partial charge in [0.1, 0.15) is 6.10 Å². The minimum Gasteiger partial charge on any atom is -0.394 e. The van der Waals surface area contributed by atoms with Crippen LogP contribution in [0.4, 0.5) is 0 Å². The summed E-state index contributed by atoms with van der Waals surface area (Å²) >= 11 is 0. The third kappa shape index (κ3) is 46.1. The van der Waals surface area contributed by atoms with Crippen molar-refractivity contribution in [3.05, 3.63) is 48.6 Å². The maximum atomic E-state index is 12.5. The summed E-state index contributed by atoms with van der Waals surface area (Å²) in [4.78, 5) is 12.5. The fraction of sp³-hybridized carbons (Fsp3) is 0.839. The summed E-state index contributed by atoms with van der Waals surface area (Å²) in [7, 11) is 0. The van der Waals surface area contributed by atoms with Gasteiger partial charge in [-0.15, -0.1) is 0 Å². The zero-order chi connectivity index (χ0) is 44.4. The maximum Gasteiger partial charge on any atom is 0.249 e. The van der Waals surface area contributed by atoms with Crippen LogP contribution in [0.3, 0.4) is 0 Å². The minimum absolute atomic E-state index is 0.382. The Morgan fingerprint density at radius 2 is 0.672 bits per heavy atom. The first kappa shape index (κ1) is 59.3. The highest BCUT2D eigenvalue weighted by Crippen LogP contribution is 2.16. The van der Waals surface area contributed by atoms with Crippen molar-refractivity contribution in [1.82, 2.24) is 5.32 Å². The van der Waals surface area contributed by atoms with Crippen molar-refractivity contribution < 1.29 is 20.1 Å². The second-order valence-electron chi connectivity index (χ2n) is 18.4. The molecule has 1 amide bonds. The van der Waals surface area contributed by atoms with Crippen LogP contribution >= 0.6 is 0 Å². The summed E-state index contributed by atoms with van der Waals surface area (Å²) in [6.45, 7) is 4.19. The molecule has 4 N–H and O–H groups in total. The molecule has 0 saturated heterocycles. The summed E-state index contributed by atoms with van der Waals surface area (Å²) in [5, 5.41) is 33.3. The van der Waals surface area contributed by atoms with Crippen LogP contribution in [-0.2, 0) is 4.79 Å². The molecule has 0 aromatic rings. The van der Waals surface area contributed by atoms with Crippen LogP contribution in [0.2, 0.25) is 0 Å². The van der Waals surface area contributed by atoms with Crippen LogP contribution in [0.15, 0.2) is 48.6 Å². The number of allylic oxidation sites excluding steroid dienone is 7. The summed E-state index contributed by atoms with van der Waals surface area (Å²) in [5.74, 6) is -0.518. The maximum absolute atomic E-state index is 12.5. The summed E-state index contributed by atoms with van der Waals surface area (Å²) < 4.78 is 0. The van der Waals surface area contributed by atoms with Crippen molar-refractivity contribution >= 4 is 5.91 Å². The number of carbonyl (C=O) groups excluding carboxylic acids is 1. The smallest absolute Gasteiger partial charge is 0.249 e. The van der Waals surface area contributed by atoms with Crippen molar-refractivity contribution in [2.75, 3.05) is 6.61 Å². The summed E-state index contributed by atoms with van der Waals surface area (Å²) in [6, 6.07) is -0.824. The van der Waals surface area contributed by atoms with E-state index in [9.17, 15) is 20.1 Å². The molecule has 3 atom stereocenters. The van der Waals surface area contributed by atoms with E-state index < -0.39 is 24.2 Å². The first-order chi connectivity index (χ1) is 30.1. The van der Waals surface area contributed by atoms with Crippen molar-refractivity contribution in [1.29, 1.82) is 0 Å². The molecule has 0 radical (unpaired) electrons. The molecule has 0 aromatic heterocycles. The van der Waals surface area contributed by atoms with E-state index in [-0.39, 0.29) is 6.61 Å². The second-order valence-corrected chi connectivity index (χ2v) is 18.4. The normalized spacial score (nSPS) is 13.7. The SMILES string of the molecule is CCCCCCCCCCCCCC/C=C\CCCCCCCCCCC(O)C(=O)NC(CO)C(O)/C=C/CC/C=C/CC/C=C/CCCCCCCCCCCCCCC. The fourth-order valence-electron chi connectivity index (χ4n) is 8.15. The van der Waals surface area contributed by atoms with Gasteiger partial charge in [-0.3, -0.25) is 4.79 Å². The Labute approximate surface area is 380 Å². The number of aliphatic hydroxyl groups is 3. The highest BCUT2D eigenvalue weighted by Gasteiger charge is 2.22. The van der Waals surface area contributed by atoms with E-state index in [0.717, 1.165) is 44.9 Å². The van der Waals surface area contributed by atoms with Crippen LogP contribution in [0.1, 0.15) is 277 Å². The van der Waals surface area contributed by atoms with Gasteiger partial charge in [-0.1, -0.05) is 255 Å². The van der Waals surface area contributed by atoms with E-state index in [2.05, 4.69) is 55.6 Å². The van der Waals surface area contributed by atoms with E-state index in [4.69, 9.17) is 0 Å². The number of nitrogens with one attached hydrogen (secondary N) is 1. The molecule has 0 spiro atoms. The summed E-state index contributed by atoms with van der Waals surface area (Å²) in [5.41, 5.74) is 0. The van der Waals surface area contributed by atoms with Crippen molar-refractivity contribution in [3.63, 3.8) is 0 Å². The third-order valence-corrected chi connectivity index (χ3v) is 12.4. The molecule has 0 aliphatic rings. The predicted molar refractivity (Wildman–Crippen MR) is 268 cm³/mol. The molecule has 0 fully saturated rings. The number of aliphatic hydroxyl groups excluding tert-OH is 3. The van der Waals surface area contributed by atoms with Crippen LogP contribution in [0.5, 0.6) is 0 Å². The molecular weight excluding hydrogens is 751 g/mol. The van der Waals surface area contributed by atoms with Crippen LogP contribution in [0.25, 0.3) is 0 Å². The lowest BCUT2D eigenvalue weighted by Crippen LogP contribution is -2.48. The zero-order valence-electron chi connectivity index (χ0n) is 40.8. The van der Waals surface area contributed by atoms with E-state index in [1.165, 1.54) is 212 Å². The highest BCUT2D eigenvalue weighted by atomic mass is 16.3. The largest absolute Gasteiger partial charge is 0.394 e. The highest BCUT2D eigenvalue weighted by molar-refractivity contribution is 5.80. The van der Waals surface area contributed by atoms with Crippen molar-refractivity contribution in [2.45, 2.75) is 295 Å². The number of amides is 1. The molecule has 0 aromatic carbocycles. The van der Waals surface area contributed by atoms with Gasteiger partial charge in [0.2, 0.25) is 5.91 Å². The molecule has 0 rings (SSSR count). The molecule has 0 aliphatic heterocycles. The van der Waals surface area contributed by atoms with Gasteiger partial charge in [-0.2, -0.15) is 0 Å². The van der Waals surface area contributed by atoms with Gasteiger partial charge in [0.15, 0.2) is 0 Å². The van der Waals surface area contributed by atoms with Gasteiger partial charge in [0.05, 0.1) is 18.8 Å². The number of carbonyl (C=O) groups is 1. The lowest BCUT2D eigenvalue weighted by atomic mass is 10.0. The van der Waals surface area contributed by atoms with Crippen molar-refractivity contribution in [3.8, 4) is 0 Å². The van der Waals surface area contributed by atoms with Gasteiger partial charge < -0.3 is 20.6 Å². The van der Waals surface area contributed by atoms with Gasteiger partial charge in [-0.05, 0) is 70.6 Å². The fourth-order valence-corrected chi connectivity index (χ4v) is 8.15. The van der Waals surface area contributed by atoms with E-state index in [1.807, 2.05) is 6.08 Å². The predicted octanol–water partition coefficient (Wildman–Crippen LogP) is 16.4. The molecule has 3 unspecified atom stereocenters. The van der Waals surface area contributed by atoms with Gasteiger partial charge in [-0.25, -0.2) is 0 Å². The van der Waals surface area contributed by atoms with Crippen molar-refractivity contribution in [2.24, 2.45) is 0 Å². The Kier molecular flexibility index (Phi) is 49.5. The average Bonchev–Trinajstić information content (AvgIpc) is 3.26. The second kappa shape index (κ2) is 50.9. The third-order valence-electron chi connectivity index (χ3n) is 12.4. The number of hydrogen-bond donors (Lipinski definition) is 4. The number of unbranched alkanes of at least 4 members (excludes halogenated alkanes) is 35. The Morgan fingerprint density at radius 3 is 1.00 bits per heavy atom. The first-order valence-corrected chi connectivity index (χ1v) is 27.0. The van der Waals surface area contributed by atoms with Gasteiger partial charge in [0.25, 0.3) is 0 Å². The zero-order valence-corrected chi connectivity index (χ0v) is 40.8.